The summed E-state index contributed by atoms with van der Waals surface area (Å²) in [5, 5.41) is 0. The average Bonchev–Trinajstić information content (AvgIpc) is 2.48. The van der Waals surface area contributed by atoms with Gasteiger partial charge in [-0.1, -0.05) is 26.2 Å². The van der Waals surface area contributed by atoms with Gasteiger partial charge < -0.3 is 10.6 Å². The number of hydrogen-bond acceptors (Lipinski definition) is 2. The third-order valence-corrected chi connectivity index (χ3v) is 5.91. The molecular formula is C17H34N2. The van der Waals surface area contributed by atoms with Gasteiger partial charge >= 0.3 is 0 Å². The number of hydrogen-bond donors (Lipinski definition) is 1. The zero-order valence-corrected chi connectivity index (χ0v) is 13.1. The van der Waals surface area contributed by atoms with Gasteiger partial charge in [0.15, 0.2) is 0 Å². The lowest BCUT2D eigenvalue weighted by atomic mass is 9.78. The first-order valence-corrected chi connectivity index (χ1v) is 8.64. The summed E-state index contributed by atoms with van der Waals surface area (Å²) < 4.78 is 0. The highest BCUT2D eigenvalue weighted by Gasteiger charge is 2.28. The van der Waals surface area contributed by atoms with Crippen molar-refractivity contribution in [2.45, 2.75) is 70.8 Å². The molecule has 0 bridgehead atoms. The summed E-state index contributed by atoms with van der Waals surface area (Å²) in [6.07, 6.45) is 12.8. The second kappa shape index (κ2) is 7.64. The maximum atomic E-state index is 5.97. The van der Waals surface area contributed by atoms with Gasteiger partial charge in [-0.3, -0.25) is 0 Å². The van der Waals surface area contributed by atoms with Gasteiger partial charge in [0.05, 0.1) is 0 Å². The van der Waals surface area contributed by atoms with Crippen LogP contribution in [0.4, 0.5) is 0 Å². The van der Waals surface area contributed by atoms with E-state index in [1.807, 2.05) is 0 Å². The highest BCUT2D eigenvalue weighted by molar-refractivity contribution is 4.82. The summed E-state index contributed by atoms with van der Waals surface area (Å²) in [7, 11) is 2.36. The Morgan fingerprint density at radius 3 is 2.16 bits per heavy atom. The third-order valence-electron chi connectivity index (χ3n) is 5.91. The molecule has 0 heterocycles. The molecule has 0 spiro atoms. The van der Waals surface area contributed by atoms with Crippen LogP contribution in [-0.4, -0.2) is 31.1 Å². The fourth-order valence-electron chi connectivity index (χ4n) is 4.35. The van der Waals surface area contributed by atoms with Crippen LogP contribution >= 0.6 is 0 Å². The Bertz CT molecular complexity index is 246. The van der Waals surface area contributed by atoms with Gasteiger partial charge in [-0.2, -0.15) is 0 Å². The van der Waals surface area contributed by atoms with E-state index in [0.717, 1.165) is 30.3 Å². The molecule has 0 aromatic rings. The fourth-order valence-corrected chi connectivity index (χ4v) is 4.35. The Labute approximate surface area is 120 Å². The topological polar surface area (TPSA) is 29.3 Å². The van der Waals surface area contributed by atoms with Crippen LogP contribution in [0.25, 0.3) is 0 Å². The van der Waals surface area contributed by atoms with Crippen molar-refractivity contribution in [3.63, 3.8) is 0 Å². The lowest BCUT2D eigenvalue weighted by molar-refractivity contribution is 0.110. The maximum Gasteiger partial charge on any atom is 0.00925 e. The molecule has 0 aliphatic heterocycles. The number of nitrogens with two attached hydrogens (primary N) is 1. The average molecular weight is 266 g/mol. The molecule has 2 aliphatic rings. The third kappa shape index (κ3) is 4.19. The molecule has 0 saturated heterocycles. The van der Waals surface area contributed by atoms with E-state index in [9.17, 15) is 0 Å². The zero-order chi connectivity index (χ0) is 13.7. The minimum absolute atomic E-state index is 0.795. The van der Waals surface area contributed by atoms with Crippen LogP contribution in [0, 0.1) is 17.8 Å². The van der Waals surface area contributed by atoms with E-state index in [-0.39, 0.29) is 0 Å². The molecule has 2 rings (SSSR count). The largest absolute Gasteiger partial charge is 0.330 e. The number of nitrogens with zero attached hydrogens (tertiary/aromatic N) is 1. The molecule has 0 aromatic carbocycles. The van der Waals surface area contributed by atoms with Gasteiger partial charge in [-0.05, 0) is 69.9 Å². The fraction of sp³-hybridized carbons (Fsp3) is 1.00. The highest BCUT2D eigenvalue weighted by Crippen LogP contribution is 2.33. The van der Waals surface area contributed by atoms with Crippen molar-refractivity contribution < 1.29 is 0 Å². The molecule has 2 saturated carbocycles. The summed E-state index contributed by atoms with van der Waals surface area (Å²) in [6.45, 7) is 4.55. The van der Waals surface area contributed by atoms with Gasteiger partial charge in [-0.25, -0.2) is 0 Å². The van der Waals surface area contributed by atoms with Crippen LogP contribution in [0.1, 0.15) is 64.7 Å². The molecule has 19 heavy (non-hydrogen) atoms. The van der Waals surface area contributed by atoms with E-state index in [0.29, 0.717) is 0 Å². The lowest BCUT2D eigenvalue weighted by Gasteiger charge is -2.39. The molecule has 0 aromatic heterocycles. The first-order chi connectivity index (χ1) is 9.24. The van der Waals surface area contributed by atoms with Crippen LogP contribution in [0.2, 0.25) is 0 Å². The van der Waals surface area contributed by atoms with Crippen molar-refractivity contribution in [2.75, 3.05) is 20.1 Å². The summed E-state index contributed by atoms with van der Waals surface area (Å²) in [5.41, 5.74) is 5.97. The normalized spacial score (nSPS) is 36.6. The first-order valence-electron chi connectivity index (χ1n) is 8.64. The second-order valence-electron chi connectivity index (χ2n) is 7.06. The van der Waals surface area contributed by atoms with Crippen molar-refractivity contribution in [1.29, 1.82) is 0 Å². The van der Waals surface area contributed by atoms with E-state index < -0.39 is 0 Å². The first kappa shape index (κ1) is 15.3. The van der Waals surface area contributed by atoms with Crippen LogP contribution in [0.3, 0.4) is 0 Å². The van der Waals surface area contributed by atoms with Crippen LogP contribution < -0.4 is 5.73 Å². The zero-order valence-electron chi connectivity index (χ0n) is 13.1. The smallest absolute Gasteiger partial charge is 0.00925 e. The predicted octanol–water partition coefficient (Wildman–Crippen LogP) is 3.65. The van der Waals surface area contributed by atoms with Crippen LogP contribution in [0.5, 0.6) is 0 Å². The molecule has 2 heteroatoms. The monoisotopic (exact) mass is 266 g/mol. The van der Waals surface area contributed by atoms with Gasteiger partial charge in [0, 0.05) is 12.6 Å². The van der Waals surface area contributed by atoms with Gasteiger partial charge in [0.25, 0.3) is 0 Å². The molecule has 2 aliphatic carbocycles. The molecule has 2 nitrogen and oxygen atoms in total. The Hall–Kier alpha value is -0.0800. The van der Waals surface area contributed by atoms with Crippen LogP contribution in [0.15, 0.2) is 0 Å². The number of rotatable bonds is 5. The molecule has 0 radical (unpaired) electrons. The lowest BCUT2D eigenvalue weighted by Crippen LogP contribution is -2.41. The highest BCUT2D eigenvalue weighted by atomic mass is 15.1. The van der Waals surface area contributed by atoms with Crippen molar-refractivity contribution in [3.05, 3.63) is 0 Å². The molecule has 112 valence electrons. The molecule has 2 unspecified atom stereocenters. The van der Waals surface area contributed by atoms with Crippen molar-refractivity contribution in [1.82, 2.24) is 4.90 Å². The molecule has 0 amide bonds. The maximum absolute atomic E-state index is 5.97. The summed E-state index contributed by atoms with van der Waals surface area (Å²) >= 11 is 0. The Balaban J connectivity index is 1.78. The van der Waals surface area contributed by atoms with Crippen molar-refractivity contribution in [2.24, 2.45) is 23.5 Å². The molecule has 2 N–H and O–H groups in total. The summed E-state index contributed by atoms with van der Waals surface area (Å²) in [4.78, 5) is 2.67. The van der Waals surface area contributed by atoms with E-state index >= 15 is 0 Å². The summed E-state index contributed by atoms with van der Waals surface area (Å²) in [6, 6.07) is 0.850. The predicted molar refractivity (Wildman–Crippen MR) is 83.2 cm³/mol. The van der Waals surface area contributed by atoms with E-state index in [4.69, 9.17) is 5.73 Å². The van der Waals surface area contributed by atoms with Crippen LogP contribution in [-0.2, 0) is 0 Å². The quantitative estimate of drug-likeness (QED) is 0.823. The van der Waals surface area contributed by atoms with E-state index in [1.54, 1.807) is 0 Å². The van der Waals surface area contributed by atoms with Gasteiger partial charge in [-0.15, -0.1) is 0 Å². The Kier molecular flexibility index (Phi) is 6.15. The second-order valence-corrected chi connectivity index (χ2v) is 7.06. The molecule has 2 fully saturated rings. The van der Waals surface area contributed by atoms with Gasteiger partial charge in [0.1, 0.15) is 0 Å². The van der Waals surface area contributed by atoms with Crippen molar-refractivity contribution >= 4 is 0 Å². The molecule has 2 atom stereocenters. The Morgan fingerprint density at radius 1 is 0.947 bits per heavy atom. The standard InChI is InChI=1S/C17H34N2/c1-3-14-8-10-17(11-9-14)19(2)13-16-7-5-4-6-15(16)12-18/h14-17H,3-13,18H2,1-2H3. The van der Waals surface area contributed by atoms with Crippen molar-refractivity contribution in [3.8, 4) is 0 Å². The molecular weight excluding hydrogens is 232 g/mol. The SMILES string of the molecule is CCC1CCC(N(C)CC2CCCCC2CN)CC1. The Morgan fingerprint density at radius 2 is 1.58 bits per heavy atom. The minimum Gasteiger partial charge on any atom is -0.330 e. The van der Waals surface area contributed by atoms with Gasteiger partial charge in [0.2, 0.25) is 0 Å². The van der Waals surface area contributed by atoms with E-state index in [2.05, 4.69) is 18.9 Å². The summed E-state index contributed by atoms with van der Waals surface area (Å²) in [5.74, 6) is 2.67. The van der Waals surface area contributed by atoms with E-state index in [1.165, 1.54) is 64.3 Å². The minimum atomic E-state index is 0.795.